The van der Waals surface area contributed by atoms with E-state index in [2.05, 4.69) is 91.4 Å². The van der Waals surface area contributed by atoms with Crippen LogP contribution in [0, 0.1) is 11.8 Å². The van der Waals surface area contributed by atoms with Crippen LogP contribution >= 0.6 is 0 Å². The van der Waals surface area contributed by atoms with Crippen LogP contribution in [0.1, 0.15) is 54.9 Å². The Bertz CT molecular complexity index is 756. The van der Waals surface area contributed by atoms with Crippen molar-refractivity contribution >= 4 is 13.3 Å². The average Bonchev–Trinajstić information content (AvgIpc) is 3.03. The molecule has 0 saturated heterocycles. The molecule has 0 heterocycles. The van der Waals surface area contributed by atoms with E-state index in [0.717, 1.165) is 11.5 Å². The lowest BCUT2D eigenvalue weighted by Gasteiger charge is -2.45. The van der Waals surface area contributed by atoms with E-state index in [0.29, 0.717) is 11.5 Å². The summed E-state index contributed by atoms with van der Waals surface area (Å²) in [6.07, 6.45) is 3.87. The molecule has 4 atom stereocenters. The molecular formula is C25H36Si. The van der Waals surface area contributed by atoms with Gasteiger partial charge in [0, 0.05) is 5.54 Å². The van der Waals surface area contributed by atoms with E-state index < -0.39 is 8.07 Å². The van der Waals surface area contributed by atoms with Crippen LogP contribution in [0.2, 0.25) is 17.6 Å². The highest BCUT2D eigenvalue weighted by atomic mass is 28.3. The molecule has 1 heteroatoms. The van der Waals surface area contributed by atoms with Crippen LogP contribution in [0.5, 0.6) is 0 Å². The molecule has 3 rings (SSSR count). The largest absolute Gasteiger partial charge is 0.102 e. The van der Waals surface area contributed by atoms with Gasteiger partial charge in [-0.15, -0.1) is 0 Å². The fraction of sp³-hybridized carbons (Fsp3) is 0.520. The molecule has 0 radical (unpaired) electrons. The van der Waals surface area contributed by atoms with Gasteiger partial charge in [-0.25, -0.2) is 0 Å². The van der Waals surface area contributed by atoms with Gasteiger partial charge in [0.1, 0.15) is 8.07 Å². The normalized spacial score (nSPS) is 29.4. The van der Waals surface area contributed by atoms with Gasteiger partial charge in [-0.1, -0.05) is 85.1 Å². The highest BCUT2D eigenvalue weighted by molar-refractivity contribution is 6.94. The topological polar surface area (TPSA) is 0 Å². The Labute approximate surface area is 162 Å². The molecule has 0 aliphatic heterocycles. The van der Waals surface area contributed by atoms with Crippen molar-refractivity contribution in [3.8, 4) is 0 Å². The number of hydrogen-bond acceptors (Lipinski definition) is 0. The Balaban J connectivity index is 2.25. The predicted molar refractivity (Wildman–Crippen MR) is 119 cm³/mol. The molecule has 0 aromatic heterocycles. The van der Waals surface area contributed by atoms with Gasteiger partial charge >= 0.3 is 0 Å². The zero-order chi connectivity index (χ0) is 19.2. The van der Waals surface area contributed by atoms with Gasteiger partial charge < -0.3 is 0 Å². The van der Waals surface area contributed by atoms with Gasteiger partial charge in [0.2, 0.25) is 0 Å². The number of benzene rings is 1. The average molecular weight is 365 g/mol. The zero-order valence-corrected chi connectivity index (χ0v) is 19.0. The summed E-state index contributed by atoms with van der Waals surface area (Å²) in [6, 6.07) is 11.5. The van der Waals surface area contributed by atoms with Gasteiger partial charge in [-0.05, 0) is 63.1 Å². The summed E-state index contributed by atoms with van der Waals surface area (Å²) in [5.41, 5.74) is 9.40. The summed E-state index contributed by atoms with van der Waals surface area (Å²) in [5, 5.41) is 1.64. The molecule has 0 saturated carbocycles. The molecule has 1 aromatic rings. The van der Waals surface area contributed by atoms with E-state index >= 15 is 0 Å². The summed E-state index contributed by atoms with van der Waals surface area (Å²) in [7, 11) is -1.84. The monoisotopic (exact) mass is 364 g/mol. The van der Waals surface area contributed by atoms with Gasteiger partial charge in [0.15, 0.2) is 0 Å². The van der Waals surface area contributed by atoms with Crippen molar-refractivity contribution in [1.82, 2.24) is 0 Å². The van der Waals surface area contributed by atoms with Crippen LogP contribution in [0.4, 0.5) is 0 Å². The third-order valence-electron chi connectivity index (χ3n) is 7.84. The SMILES string of the molecule is CCC1C(C)C=C(C)C1[Si](C)(c1ccccc1)C1C(C)=C(C)C(C)=C1C. The summed E-state index contributed by atoms with van der Waals surface area (Å²) in [5.74, 6) is 1.49. The van der Waals surface area contributed by atoms with Crippen LogP contribution in [-0.4, -0.2) is 8.07 Å². The lowest BCUT2D eigenvalue weighted by Crippen LogP contribution is -2.55. The van der Waals surface area contributed by atoms with E-state index in [1.807, 2.05) is 0 Å². The minimum absolute atomic E-state index is 0.637. The molecule has 0 N–H and O–H groups in total. The number of hydrogen-bond donors (Lipinski definition) is 0. The molecule has 0 amide bonds. The van der Waals surface area contributed by atoms with Crippen LogP contribution < -0.4 is 5.19 Å². The first-order valence-electron chi connectivity index (χ1n) is 10.3. The van der Waals surface area contributed by atoms with Crippen molar-refractivity contribution < 1.29 is 0 Å². The van der Waals surface area contributed by atoms with Crippen molar-refractivity contribution in [1.29, 1.82) is 0 Å². The fourth-order valence-electron chi connectivity index (χ4n) is 6.38. The van der Waals surface area contributed by atoms with E-state index in [9.17, 15) is 0 Å². The van der Waals surface area contributed by atoms with Crippen LogP contribution in [0.15, 0.2) is 64.3 Å². The smallest absolute Gasteiger partial charge is 0.0825 e. The highest BCUT2D eigenvalue weighted by Gasteiger charge is 2.53. The second-order valence-corrected chi connectivity index (χ2v) is 13.4. The quantitative estimate of drug-likeness (QED) is 0.398. The molecule has 0 spiro atoms. The van der Waals surface area contributed by atoms with Crippen LogP contribution in [0.25, 0.3) is 0 Å². The molecule has 2 aliphatic rings. The maximum atomic E-state index is 2.69. The lowest BCUT2D eigenvalue weighted by molar-refractivity contribution is 0.427. The Morgan fingerprint density at radius 3 is 1.92 bits per heavy atom. The summed E-state index contributed by atoms with van der Waals surface area (Å²) in [4.78, 5) is 0. The van der Waals surface area contributed by atoms with Gasteiger partial charge in [-0.2, -0.15) is 0 Å². The Hall–Kier alpha value is -1.34. The highest BCUT2D eigenvalue weighted by Crippen LogP contribution is 2.57. The lowest BCUT2D eigenvalue weighted by atomic mass is 9.94. The molecule has 26 heavy (non-hydrogen) atoms. The van der Waals surface area contributed by atoms with Gasteiger partial charge in [-0.3, -0.25) is 0 Å². The minimum Gasteiger partial charge on any atom is -0.0825 e. The maximum Gasteiger partial charge on any atom is 0.102 e. The number of rotatable bonds is 4. The molecule has 140 valence electrons. The van der Waals surface area contributed by atoms with E-state index in [1.165, 1.54) is 6.42 Å². The predicted octanol–water partition coefficient (Wildman–Crippen LogP) is 7.02. The van der Waals surface area contributed by atoms with Crippen molar-refractivity contribution in [2.45, 2.75) is 72.5 Å². The molecule has 4 unspecified atom stereocenters. The molecule has 1 aromatic carbocycles. The van der Waals surface area contributed by atoms with E-state index in [4.69, 9.17) is 0 Å². The summed E-state index contributed by atoms with van der Waals surface area (Å²) < 4.78 is 0. The first kappa shape index (κ1) is 19.4. The van der Waals surface area contributed by atoms with Gasteiger partial charge in [0.05, 0.1) is 0 Å². The first-order chi connectivity index (χ1) is 12.2. The van der Waals surface area contributed by atoms with E-state index in [1.54, 1.807) is 33.1 Å². The minimum atomic E-state index is -1.84. The molecular weight excluding hydrogens is 328 g/mol. The van der Waals surface area contributed by atoms with Crippen LogP contribution in [0.3, 0.4) is 0 Å². The Morgan fingerprint density at radius 2 is 1.42 bits per heavy atom. The second kappa shape index (κ2) is 7.00. The Kier molecular flexibility index (Phi) is 5.23. The zero-order valence-electron chi connectivity index (χ0n) is 18.0. The fourth-order valence-corrected chi connectivity index (χ4v) is 13.0. The molecule has 0 nitrogen and oxygen atoms in total. The molecule has 0 fully saturated rings. The van der Waals surface area contributed by atoms with Crippen LogP contribution in [-0.2, 0) is 0 Å². The summed E-state index contributed by atoms with van der Waals surface area (Å²) >= 11 is 0. The van der Waals surface area contributed by atoms with Gasteiger partial charge in [0.25, 0.3) is 0 Å². The first-order valence-corrected chi connectivity index (χ1v) is 13.0. The molecule has 0 bridgehead atoms. The van der Waals surface area contributed by atoms with Crippen molar-refractivity contribution in [3.63, 3.8) is 0 Å². The molecule has 2 aliphatic carbocycles. The summed E-state index contributed by atoms with van der Waals surface area (Å²) in [6.45, 7) is 19.4. The van der Waals surface area contributed by atoms with Crippen molar-refractivity contribution in [3.05, 3.63) is 64.3 Å². The second-order valence-electron chi connectivity index (χ2n) is 9.02. The standard InChI is InChI=1S/C25H36Si/c1-9-23-16(2)15-17(3)24(23)26(8,22-13-11-10-12-14-22)25-20(6)18(4)19(5)21(25)7/h10-16,23-25H,9H2,1-8H3. The maximum absolute atomic E-state index is 2.69. The van der Waals surface area contributed by atoms with E-state index in [-0.39, 0.29) is 0 Å². The van der Waals surface area contributed by atoms with Crippen molar-refractivity contribution in [2.24, 2.45) is 11.8 Å². The third-order valence-corrected chi connectivity index (χ3v) is 13.7. The number of allylic oxidation sites excluding steroid dienone is 6. The Morgan fingerprint density at radius 1 is 0.885 bits per heavy atom. The van der Waals surface area contributed by atoms with Crippen molar-refractivity contribution in [2.75, 3.05) is 0 Å². The third kappa shape index (κ3) is 2.71.